The SMILES string of the molecule is Cc1ccc(-c2ccc(-c3nc4ccn(CC(=O)c5cccnc5)cc-4n3)cc2)cc1C. The maximum Gasteiger partial charge on any atom is 0.184 e. The highest BCUT2D eigenvalue weighted by atomic mass is 16.1. The molecule has 0 amide bonds. The van der Waals surface area contributed by atoms with Gasteiger partial charge in [-0.1, -0.05) is 42.5 Å². The normalized spacial score (nSPS) is 11.1. The van der Waals surface area contributed by atoms with Gasteiger partial charge in [-0.15, -0.1) is 0 Å². The van der Waals surface area contributed by atoms with Gasteiger partial charge in [-0.25, -0.2) is 9.97 Å². The van der Waals surface area contributed by atoms with Gasteiger partial charge in [0, 0.05) is 35.9 Å². The van der Waals surface area contributed by atoms with Gasteiger partial charge in [-0.05, 0) is 54.3 Å². The molecule has 1 aromatic heterocycles. The molecular formula is C27H22N4O. The summed E-state index contributed by atoms with van der Waals surface area (Å²) in [6.45, 7) is 4.49. The van der Waals surface area contributed by atoms with E-state index in [0.717, 1.165) is 17.0 Å². The number of aryl methyl sites for hydroxylation is 2. The Balaban J connectivity index is 1.38. The fourth-order valence-electron chi connectivity index (χ4n) is 3.70. The molecule has 2 aromatic carbocycles. The average Bonchev–Trinajstić information content (AvgIpc) is 3.25. The number of benzene rings is 2. The van der Waals surface area contributed by atoms with Crippen molar-refractivity contribution in [3.63, 3.8) is 0 Å². The molecule has 5 rings (SSSR count). The summed E-state index contributed by atoms with van der Waals surface area (Å²) in [5, 5.41) is 0. The van der Waals surface area contributed by atoms with Gasteiger partial charge < -0.3 is 4.57 Å². The molecule has 0 unspecified atom stereocenters. The number of pyridine rings is 2. The minimum absolute atomic E-state index is 0.00381. The molecule has 0 fully saturated rings. The number of Topliss-reactive ketones (excluding diaryl/α,β-unsaturated/α-hetero) is 1. The monoisotopic (exact) mass is 418 g/mol. The highest BCUT2D eigenvalue weighted by Crippen LogP contribution is 2.28. The molecule has 0 radical (unpaired) electrons. The van der Waals surface area contributed by atoms with E-state index in [1.807, 2.05) is 23.0 Å². The van der Waals surface area contributed by atoms with Crippen LogP contribution in [-0.2, 0) is 6.54 Å². The van der Waals surface area contributed by atoms with E-state index in [4.69, 9.17) is 4.98 Å². The summed E-state index contributed by atoms with van der Waals surface area (Å²) in [4.78, 5) is 25.9. The van der Waals surface area contributed by atoms with E-state index in [1.165, 1.54) is 22.3 Å². The van der Waals surface area contributed by atoms with Gasteiger partial charge in [0.15, 0.2) is 11.6 Å². The summed E-state index contributed by atoms with van der Waals surface area (Å²) in [5.74, 6) is 0.687. The second-order valence-corrected chi connectivity index (χ2v) is 7.98. The molecule has 3 heterocycles. The molecule has 0 N–H and O–H groups in total. The number of fused-ring (bicyclic) bond motifs is 1. The summed E-state index contributed by atoms with van der Waals surface area (Å²) in [7, 11) is 0. The fourth-order valence-corrected chi connectivity index (χ4v) is 3.70. The van der Waals surface area contributed by atoms with Gasteiger partial charge in [-0.3, -0.25) is 9.78 Å². The van der Waals surface area contributed by atoms with Crippen molar-refractivity contribution in [2.75, 3.05) is 0 Å². The maximum atomic E-state index is 12.5. The van der Waals surface area contributed by atoms with Gasteiger partial charge in [0.05, 0.1) is 12.2 Å². The summed E-state index contributed by atoms with van der Waals surface area (Å²) in [6, 6.07) is 20.3. The molecular weight excluding hydrogens is 396 g/mol. The summed E-state index contributed by atoms with van der Waals surface area (Å²) >= 11 is 0. The van der Waals surface area contributed by atoms with Crippen LogP contribution in [0.15, 0.2) is 85.5 Å². The van der Waals surface area contributed by atoms with Crippen LogP contribution in [0.3, 0.4) is 0 Å². The van der Waals surface area contributed by atoms with Crippen LogP contribution in [0.5, 0.6) is 0 Å². The quantitative estimate of drug-likeness (QED) is 0.348. The molecule has 2 aliphatic heterocycles. The lowest BCUT2D eigenvalue weighted by Crippen LogP contribution is -2.10. The van der Waals surface area contributed by atoms with Crippen molar-refractivity contribution < 1.29 is 4.79 Å². The molecule has 0 spiro atoms. The van der Waals surface area contributed by atoms with Crippen molar-refractivity contribution in [3.8, 4) is 33.9 Å². The first-order valence-electron chi connectivity index (χ1n) is 10.5. The zero-order chi connectivity index (χ0) is 22.1. The average molecular weight is 419 g/mol. The number of rotatable bonds is 5. The van der Waals surface area contributed by atoms with Crippen LogP contribution in [0.4, 0.5) is 0 Å². The third-order valence-electron chi connectivity index (χ3n) is 5.72. The van der Waals surface area contributed by atoms with Crippen molar-refractivity contribution in [2.24, 2.45) is 0 Å². The molecule has 0 saturated carbocycles. The molecule has 0 atom stereocenters. The second kappa shape index (κ2) is 8.19. The topological polar surface area (TPSA) is 60.7 Å². The minimum Gasteiger partial charge on any atom is -0.344 e. The van der Waals surface area contributed by atoms with E-state index < -0.39 is 0 Å². The second-order valence-electron chi connectivity index (χ2n) is 7.98. The van der Waals surface area contributed by atoms with Gasteiger partial charge in [0.1, 0.15) is 5.69 Å². The number of hydrogen-bond donors (Lipinski definition) is 0. The van der Waals surface area contributed by atoms with Gasteiger partial charge in [0.2, 0.25) is 0 Å². The lowest BCUT2D eigenvalue weighted by atomic mass is 9.99. The van der Waals surface area contributed by atoms with Crippen LogP contribution in [0, 0.1) is 13.8 Å². The van der Waals surface area contributed by atoms with E-state index in [1.54, 1.807) is 24.5 Å². The first kappa shape index (κ1) is 19.8. The fraction of sp³-hybridized carbons (Fsp3) is 0.111. The summed E-state index contributed by atoms with van der Waals surface area (Å²) < 4.78 is 1.83. The van der Waals surface area contributed by atoms with Crippen LogP contribution >= 0.6 is 0 Å². The van der Waals surface area contributed by atoms with Crippen molar-refractivity contribution >= 4 is 5.78 Å². The largest absolute Gasteiger partial charge is 0.344 e. The lowest BCUT2D eigenvalue weighted by molar-refractivity contribution is 0.0971. The van der Waals surface area contributed by atoms with E-state index in [9.17, 15) is 4.79 Å². The minimum atomic E-state index is 0.00381. The predicted octanol–water partition coefficient (Wildman–Crippen LogP) is 5.61. The van der Waals surface area contributed by atoms with Crippen LogP contribution in [-0.4, -0.2) is 25.3 Å². The zero-order valence-electron chi connectivity index (χ0n) is 18.0. The number of imidazole rings is 1. The molecule has 3 aromatic rings. The molecule has 0 bridgehead atoms. The number of hydrogen-bond acceptors (Lipinski definition) is 4. The van der Waals surface area contributed by atoms with Crippen molar-refractivity contribution in [3.05, 3.63) is 102 Å². The lowest BCUT2D eigenvalue weighted by Gasteiger charge is -2.07. The summed E-state index contributed by atoms with van der Waals surface area (Å²) in [5.41, 5.74) is 8.08. The van der Waals surface area contributed by atoms with Crippen molar-refractivity contribution in [2.45, 2.75) is 20.4 Å². The number of carbonyl (C=O) groups excluding carboxylic acids is 1. The number of carbonyl (C=O) groups is 1. The first-order valence-corrected chi connectivity index (χ1v) is 10.5. The molecule has 0 saturated heterocycles. The van der Waals surface area contributed by atoms with Crippen LogP contribution < -0.4 is 0 Å². The Morgan fingerprint density at radius 2 is 1.59 bits per heavy atom. The van der Waals surface area contributed by atoms with Crippen LogP contribution in [0.1, 0.15) is 21.5 Å². The third-order valence-corrected chi connectivity index (χ3v) is 5.72. The molecule has 156 valence electrons. The molecule has 0 aliphatic carbocycles. The highest BCUT2D eigenvalue weighted by molar-refractivity contribution is 5.95. The van der Waals surface area contributed by atoms with Gasteiger partial charge in [-0.2, -0.15) is 0 Å². The molecule has 2 aliphatic rings. The molecule has 5 heteroatoms. The van der Waals surface area contributed by atoms with Gasteiger partial charge in [0.25, 0.3) is 0 Å². The Bertz CT molecular complexity index is 1370. The highest BCUT2D eigenvalue weighted by Gasteiger charge is 2.14. The van der Waals surface area contributed by atoms with E-state index >= 15 is 0 Å². The predicted molar refractivity (Wildman–Crippen MR) is 126 cm³/mol. The van der Waals surface area contributed by atoms with Crippen LogP contribution in [0.25, 0.3) is 33.9 Å². The Morgan fingerprint density at radius 3 is 2.34 bits per heavy atom. The third kappa shape index (κ3) is 3.93. The standard InChI is InChI=1S/C27H22N4O/c1-18-5-6-22(14-19(18)2)20-7-9-21(10-8-20)27-29-24-11-13-31(16-25(24)30-27)17-26(32)23-4-3-12-28-15-23/h3-16H,17H2,1-2H3. The number of ketones is 1. The Kier molecular flexibility index (Phi) is 5.07. The van der Waals surface area contributed by atoms with E-state index in [2.05, 4.69) is 66.3 Å². The Labute approximate surface area is 186 Å². The van der Waals surface area contributed by atoms with Crippen molar-refractivity contribution in [1.82, 2.24) is 19.5 Å². The molecule has 5 nitrogen and oxygen atoms in total. The first-order chi connectivity index (χ1) is 15.6. The van der Waals surface area contributed by atoms with Crippen LogP contribution in [0.2, 0.25) is 0 Å². The van der Waals surface area contributed by atoms with E-state index in [-0.39, 0.29) is 12.3 Å². The smallest absolute Gasteiger partial charge is 0.184 e. The Morgan fingerprint density at radius 1 is 0.844 bits per heavy atom. The van der Waals surface area contributed by atoms with Crippen molar-refractivity contribution in [1.29, 1.82) is 0 Å². The van der Waals surface area contributed by atoms with E-state index in [0.29, 0.717) is 11.4 Å². The maximum absolute atomic E-state index is 12.5. The zero-order valence-corrected chi connectivity index (χ0v) is 18.0. The molecule has 32 heavy (non-hydrogen) atoms. The summed E-state index contributed by atoms with van der Waals surface area (Å²) in [6.07, 6.45) is 6.97. The Hall–Kier alpha value is -4.12. The van der Waals surface area contributed by atoms with Gasteiger partial charge >= 0.3 is 0 Å². The number of nitrogens with zero attached hydrogens (tertiary/aromatic N) is 4. The number of aromatic nitrogens is 4.